The molecule has 0 aliphatic heterocycles. The average molecular weight is 288 g/mol. The number of aromatic nitrogens is 2. The van der Waals surface area contributed by atoms with Gasteiger partial charge in [-0.05, 0) is 36.3 Å². The van der Waals surface area contributed by atoms with Crippen LogP contribution in [0.3, 0.4) is 0 Å². The molecule has 2 aromatic rings. The molecule has 0 aliphatic carbocycles. The Bertz CT molecular complexity index is 766. The third kappa shape index (κ3) is 3.85. The molecule has 0 saturated heterocycles. The van der Waals surface area contributed by atoms with E-state index in [1.807, 2.05) is 0 Å². The summed E-state index contributed by atoms with van der Waals surface area (Å²) in [7, 11) is 0. The van der Waals surface area contributed by atoms with Crippen molar-refractivity contribution in [3.63, 3.8) is 0 Å². The van der Waals surface area contributed by atoms with Crippen molar-refractivity contribution in [2.45, 2.75) is 13.5 Å². The van der Waals surface area contributed by atoms with Crippen molar-refractivity contribution >= 4 is 12.0 Å². The van der Waals surface area contributed by atoms with E-state index < -0.39 is 11.8 Å². The third-order valence-electron chi connectivity index (χ3n) is 2.80. The zero-order chi connectivity index (χ0) is 15.4. The van der Waals surface area contributed by atoms with Crippen LogP contribution in [-0.2, 0) is 11.3 Å². The van der Waals surface area contributed by atoms with Gasteiger partial charge in [0.25, 0.3) is 5.56 Å². The van der Waals surface area contributed by atoms with E-state index in [0.717, 1.165) is 11.6 Å². The Hall–Kier alpha value is -2.76. The predicted molar refractivity (Wildman–Crippen MR) is 75.4 cm³/mol. The van der Waals surface area contributed by atoms with E-state index in [-0.39, 0.29) is 17.7 Å². The number of benzene rings is 1. The molecule has 0 spiro atoms. The minimum atomic E-state index is -1.16. The first-order valence-corrected chi connectivity index (χ1v) is 6.19. The van der Waals surface area contributed by atoms with Gasteiger partial charge in [0.05, 0.1) is 12.7 Å². The smallest absolute Gasteiger partial charge is 0.328 e. The lowest BCUT2D eigenvalue weighted by Crippen LogP contribution is -2.22. The van der Waals surface area contributed by atoms with Crippen LogP contribution in [0.4, 0.5) is 4.39 Å². The van der Waals surface area contributed by atoms with E-state index in [2.05, 4.69) is 5.10 Å². The average Bonchev–Trinajstić information content (AvgIpc) is 2.42. The summed E-state index contributed by atoms with van der Waals surface area (Å²) in [5.41, 5.74) is 1.32. The van der Waals surface area contributed by atoms with Crippen LogP contribution in [0.25, 0.3) is 6.08 Å². The van der Waals surface area contributed by atoms with Gasteiger partial charge >= 0.3 is 5.97 Å². The minimum absolute atomic E-state index is 0.148. The lowest BCUT2D eigenvalue weighted by atomic mass is 10.1. The van der Waals surface area contributed by atoms with Gasteiger partial charge in [0, 0.05) is 17.7 Å². The highest BCUT2D eigenvalue weighted by Gasteiger charge is 2.04. The highest BCUT2D eigenvalue weighted by Crippen LogP contribution is 2.13. The number of carbonyl (C=O) groups is 1. The number of carboxylic acids is 1. The van der Waals surface area contributed by atoms with Crippen molar-refractivity contribution in [1.82, 2.24) is 9.78 Å². The lowest BCUT2D eigenvalue weighted by molar-refractivity contribution is -0.131. The van der Waals surface area contributed by atoms with Crippen LogP contribution in [-0.4, -0.2) is 20.9 Å². The summed E-state index contributed by atoms with van der Waals surface area (Å²) in [6, 6.07) is 5.71. The van der Waals surface area contributed by atoms with Crippen molar-refractivity contribution in [1.29, 1.82) is 0 Å². The number of hydrogen-bond acceptors (Lipinski definition) is 3. The lowest BCUT2D eigenvalue weighted by Gasteiger charge is -2.06. The molecule has 0 saturated carbocycles. The zero-order valence-electron chi connectivity index (χ0n) is 11.3. The first-order chi connectivity index (χ1) is 9.95. The van der Waals surface area contributed by atoms with Crippen molar-refractivity contribution < 1.29 is 14.3 Å². The summed E-state index contributed by atoms with van der Waals surface area (Å²) >= 11 is 0. The van der Waals surface area contributed by atoms with E-state index in [9.17, 15) is 14.0 Å². The Kier molecular flexibility index (Phi) is 4.27. The van der Waals surface area contributed by atoms with Gasteiger partial charge in [-0.3, -0.25) is 4.79 Å². The van der Waals surface area contributed by atoms with Crippen LogP contribution in [0.2, 0.25) is 0 Å². The second-order valence-corrected chi connectivity index (χ2v) is 4.56. The van der Waals surface area contributed by atoms with Gasteiger partial charge in [0.1, 0.15) is 5.82 Å². The Morgan fingerprint density at radius 3 is 2.86 bits per heavy atom. The van der Waals surface area contributed by atoms with Crippen LogP contribution in [0.15, 0.2) is 41.3 Å². The van der Waals surface area contributed by atoms with E-state index in [4.69, 9.17) is 5.11 Å². The molecule has 0 bridgehead atoms. The first-order valence-electron chi connectivity index (χ1n) is 6.19. The SMILES string of the molecule is Cc1cnn(Cc2ccc(F)c(/C=C/C(=O)O)c2)c(=O)c1. The molecule has 1 aromatic carbocycles. The van der Waals surface area contributed by atoms with Crippen LogP contribution in [0, 0.1) is 12.7 Å². The summed E-state index contributed by atoms with van der Waals surface area (Å²) < 4.78 is 14.8. The molecule has 0 unspecified atom stereocenters. The van der Waals surface area contributed by atoms with Gasteiger partial charge in [-0.25, -0.2) is 13.9 Å². The molecule has 1 N–H and O–H groups in total. The summed E-state index contributed by atoms with van der Waals surface area (Å²) in [4.78, 5) is 22.2. The Morgan fingerprint density at radius 2 is 2.19 bits per heavy atom. The molecule has 0 amide bonds. The number of nitrogens with zero attached hydrogens (tertiary/aromatic N) is 2. The van der Waals surface area contributed by atoms with Gasteiger partial charge in [-0.2, -0.15) is 5.10 Å². The van der Waals surface area contributed by atoms with E-state index in [1.54, 1.807) is 13.1 Å². The largest absolute Gasteiger partial charge is 0.478 e. The molecule has 5 nitrogen and oxygen atoms in total. The van der Waals surface area contributed by atoms with Crippen molar-refractivity contribution in [2.75, 3.05) is 0 Å². The van der Waals surface area contributed by atoms with Crippen molar-refractivity contribution in [2.24, 2.45) is 0 Å². The van der Waals surface area contributed by atoms with Gasteiger partial charge < -0.3 is 5.11 Å². The molecule has 21 heavy (non-hydrogen) atoms. The van der Waals surface area contributed by atoms with Gasteiger partial charge in [0.2, 0.25) is 0 Å². The Morgan fingerprint density at radius 1 is 1.43 bits per heavy atom. The second-order valence-electron chi connectivity index (χ2n) is 4.56. The highest BCUT2D eigenvalue weighted by molar-refractivity contribution is 5.85. The molecule has 0 fully saturated rings. The number of aryl methyl sites for hydroxylation is 1. The minimum Gasteiger partial charge on any atom is -0.478 e. The maximum Gasteiger partial charge on any atom is 0.328 e. The van der Waals surface area contributed by atoms with Crippen LogP contribution in [0.5, 0.6) is 0 Å². The molecule has 0 aliphatic rings. The van der Waals surface area contributed by atoms with Crippen LogP contribution >= 0.6 is 0 Å². The summed E-state index contributed by atoms with van der Waals surface area (Å²) in [6.45, 7) is 1.96. The zero-order valence-corrected chi connectivity index (χ0v) is 11.3. The molecule has 108 valence electrons. The third-order valence-corrected chi connectivity index (χ3v) is 2.80. The van der Waals surface area contributed by atoms with E-state index in [1.165, 1.54) is 35.0 Å². The first kappa shape index (κ1) is 14.6. The standard InChI is InChI=1S/C15H13FN2O3/c1-10-6-14(19)18(17-8-10)9-11-2-4-13(16)12(7-11)3-5-15(20)21/h2-8H,9H2,1H3,(H,20,21)/b5-3+. The highest BCUT2D eigenvalue weighted by atomic mass is 19.1. The van der Waals surface area contributed by atoms with Crippen molar-refractivity contribution in [3.05, 3.63) is 69.4 Å². The number of aliphatic carboxylic acids is 1. The predicted octanol–water partition coefficient (Wildman–Crippen LogP) is 1.84. The van der Waals surface area contributed by atoms with Gasteiger partial charge in [-0.1, -0.05) is 6.07 Å². The maximum atomic E-state index is 13.6. The maximum absolute atomic E-state index is 13.6. The fraction of sp³-hybridized carbons (Fsp3) is 0.133. The number of carboxylic acid groups (broad SMARTS) is 1. The van der Waals surface area contributed by atoms with E-state index in [0.29, 0.717) is 5.56 Å². The van der Waals surface area contributed by atoms with Crippen molar-refractivity contribution in [3.8, 4) is 0 Å². The molecule has 0 radical (unpaired) electrons. The topological polar surface area (TPSA) is 72.2 Å². The molecule has 2 rings (SSSR count). The number of rotatable bonds is 4. The number of halogens is 1. The summed E-state index contributed by atoms with van der Waals surface area (Å²) in [6.07, 6.45) is 3.60. The quantitative estimate of drug-likeness (QED) is 0.871. The summed E-state index contributed by atoms with van der Waals surface area (Å²) in [5.74, 6) is -1.68. The summed E-state index contributed by atoms with van der Waals surface area (Å²) in [5, 5.41) is 12.6. The molecule has 6 heteroatoms. The monoisotopic (exact) mass is 288 g/mol. The Balaban J connectivity index is 2.30. The van der Waals surface area contributed by atoms with Gasteiger partial charge in [0.15, 0.2) is 0 Å². The molecule has 1 aromatic heterocycles. The second kappa shape index (κ2) is 6.13. The van der Waals surface area contributed by atoms with Crippen LogP contribution < -0.4 is 5.56 Å². The molecular formula is C15H13FN2O3. The normalized spacial score (nSPS) is 11.0. The number of hydrogen-bond donors (Lipinski definition) is 1. The fourth-order valence-electron chi connectivity index (χ4n) is 1.80. The molecular weight excluding hydrogens is 275 g/mol. The fourth-order valence-corrected chi connectivity index (χ4v) is 1.80. The van der Waals surface area contributed by atoms with E-state index >= 15 is 0 Å². The van der Waals surface area contributed by atoms with Crippen LogP contribution in [0.1, 0.15) is 16.7 Å². The molecule has 1 heterocycles. The Labute approximate surface area is 120 Å². The molecule has 0 atom stereocenters. The van der Waals surface area contributed by atoms with Gasteiger partial charge in [-0.15, -0.1) is 0 Å².